The molecule has 1 aromatic carbocycles. The van der Waals surface area contributed by atoms with E-state index in [1.165, 1.54) is 6.26 Å². The Bertz CT molecular complexity index is 1350. The van der Waals surface area contributed by atoms with E-state index in [0.717, 1.165) is 22.9 Å². The lowest BCUT2D eigenvalue weighted by Crippen LogP contribution is -2.52. The molecule has 9 nitrogen and oxygen atoms in total. The van der Waals surface area contributed by atoms with Gasteiger partial charge in [0.25, 0.3) is 0 Å². The topological polar surface area (TPSA) is 107 Å². The van der Waals surface area contributed by atoms with Crippen LogP contribution in [0, 0.1) is 0 Å². The van der Waals surface area contributed by atoms with Crippen molar-refractivity contribution in [3.63, 3.8) is 0 Å². The Labute approximate surface area is 192 Å². The summed E-state index contributed by atoms with van der Waals surface area (Å²) in [5.41, 5.74) is 2.16. The summed E-state index contributed by atoms with van der Waals surface area (Å²) in [6.45, 7) is 2.22. The molecule has 0 radical (unpaired) electrons. The Morgan fingerprint density at radius 2 is 2.09 bits per heavy atom. The van der Waals surface area contributed by atoms with E-state index in [2.05, 4.69) is 9.88 Å². The van der Waals surface area contributed by atoms with Crippen molar-refractivity contribution in [3.05, 3.63) is 30.1 Å². The number of hydrogen-bond donors (Lipinski definition) is 1. The van der Waals surface area contributed by atoms with Gasteiger partial charge in [0.1, 0.15) is 22.8 Å². The third kappa shape index (κ3) is 3.03. The molecule has 1 aliphatic carbocycles. The van der Waals surface area contributed by atoms with E-state index >= 15 is 0 Å². The summed E-state index contributed by atoms with van der Waals surface area (Å²) < 4.78 is 42.4. The summed E-state index contributed by atoms with van der Waals surface area (Å²) >= 11 is 0. The molecule has 0 amide bonds. The van der Waals surface area contributed by atoms with Crippen LogP contribution in [0.1, 0.15) is 25.0 Å². The van der Waals surface area contributed by atoms with Crippen LogP contribution in [-0.2, 0) is 19.3 Å². The first-order valence-electron chi connectivity index (χ1n) is 11.2. The van der Waals surface area contributed by atoms with Gasteiger partial charge in [0.15, 0.2) is 27.2 Å². The number of aromatic nitrogens is 3. The molecule has 6 rings (SSSR count). The van der Waals surface area contributed by atoms with E-state index in [1.807, 2.05) is 24.4 Å². The predicted molar refractivity (Wildman–Crippen MR) is 124 cm³/mol. The third-order valence-electron chi connectivity index (χ3n) is 7.19. The van der Waals surface area contributed by atoms with E-state index in [0.29, 0.717) is 68.0 Å². The van der Waals surface area contributed by atoms with E-state index in [-0.39, 0.29) is 6.04 Å². The molecule has 2 aromatic heterocycles. The maximum atomic E-state index is 13.0. The third-order valence-corrected chi connectivity index (χ3v) is 9.21. The second-order valence-electron chi connectivity index (χ2n) is 9.02. The van der Waals surface area contributed by atoms with Crippen molar-refractivity contribution in [2.45, 2.75) is 30.1 Å². The average Bonchev–Trinajstić information content (AvgIpc) is 3.25. The zero-order valence-electron chi connectivity index (χ0n) is 18.6. The predicted octanol–water partition coefficient (Wildman–Crippen LogP) is 2.65. The van der Waals surface area contributed by atoms with E-state index in [4.69, 9.17) is 24.2 Å². The lowest BCUT2D eigenvalue weighted by atomic mass is 9.80. The zero-order valence-corrected chi connectivity index (χ0v) is 19.4. The first-order chi connectivity index (χ1) is 15.9. The Kier molecular flexibility index (Phi) is 4.60. The number of benzene rings is 1. The Morgan fingerprint density at radius 1 is 1.24 bits per heavy atom. The van der Waals surface area contributed by atoms with Crippen LogP contribution >= 0.6 is 0 Å². The maximum Gasteiger partial charge on any atom is 0.185 e. The average molecular weight is 471 g/mol. The second-order valence-corrected chi connectivity index (χ2v) is 11.3. The van der Waals surface area contributed by atoms with Gasteiger partial charge in [-0.15, -0.1) is 0 Å². The molecule has 33 heavy (non-hydrogen) atoms. The van der Waals surface area contributed by atoms with Crippen LogP contribution in [-0.4, -0.2) is 69.1 Å². The fourth-order valence-corrected chi connectivity index (χ4v) is 6.69. The largest absolute Gasteiger partial charge is 0.497 e. The van der Waals surface area contributed by atoms with Crippen LogP contribution in [0.4, 0.5) is 5.82 Å². The summed E-state index contributed by atoms with van der Waals surface area (Å²) in [5, 5.41) is 0.943. The van der Waals surface area contributed by atoms with Gasteiger partial charge in [-0.3, -0.25) is 0 Å². The van der Waals surface area contributed by atoms with Crippen molar-refractivity contribution in [1.29, 1.82) is 0 Å². The number of nitrogens with one attached hydrogen (secondary N) is 1. The number of fused-ring (bicyclic) bond motifs is 4. The molecule has 2 fully saturated rings. The van der Waals surface area contributed by atoms with Gasteiger partial charge in [-0.1, -0.05) is 0 Å². The molecule has 1 saturated heterocycles. The highest BCUT2D eigenvalue weighted by Gasteiger charge is 2.53. The van der Waals surface area contributed by atoms with Gasteiger partial charge in [-0.05, 0) is 31.4 Å². The number of H-pyrrole nitrogens is 1. The van der Waals surface area contributed by atoms with Crippen molar-refractivity contribution in [2.75, 3.05) is 44.6 Å². The molecule has 3 aromatic rings. The molecular weight excluding hydrogens is 444 g/mol. The van der Waals surface area contributed by atoms with Crippen LogP contribution in [0.5, 0.6) is 11.5 Å². The molecular formula is C23H26N4O5S. The van der Waals surface area contributed by atoms with E-state index < -0.39 is 14.6 Å². The summed E-state index contributed by atoms with van der Waals surface area (Å²) in [5.74, 6) is 2.29. The molecule has 174 valence electrons. The number of morpholine rings is 1. The minimum absolute atomic E-state index is 0.0370. The van der Waals surface area contributed by atoms with Crippen molar-refractivity contribution in [2.24, 2.45) is 0 Å². The molecule has 3 aliphatic rings. The summed E-state index contributed by atoms with van der Waals surface area (Å²) in [7, 11) is -1.81. The molecule has 1 N–H and O–H groups in total. The normalized spacial score (nSPS) is 21.6. The molecule has 1 atom stereocenters. The van der Waals surface area contributed by atoms with Crippen molar-refractivity contribution in [3.8, 4) is 22.9 Å². The second kappa shape index (κ2) is 7.33. The summed E-state index contributed by atoms with van der Waals surface area (Å²) in [4.78, 5) is 15.3. The van der Waals surface area contributed by atoms with Crippen LogP contribution in [0.25, 0.3) is 22.3 Å². The fourth-order valence-electron chi connectivity index (χ4n) is 5.17. The maximum absolute atomic E-state index is 13.0. The Morgan fingerprint density at radius 3 is 2.82 bits per heavy atom. The van der Waals surface area contributed by atoms with Gasteiger partial charge >= 0.3 is 0 Å². The summed E-state index contributed by atoms with van der Waals surface area (Å²) in [6, 6.07) is 5.82. The van der Waals surface area contributed by atoms with Crippen LogP contribution in [0.15, 0.2) is 24.4 Å². The first kappa shape index (κ1) is 20.7. The monoisotopic (exact) mass is 470 g/mol. The fraction of sp³-hybridized carbons (Fsp3) is 0.478. The molecule has 1 saturated carbocycles. The number of methoxy groups -OCH3 is 1. The van der Waals surface area contributed by atoms with Gasteiger partial charge in [-0.25, -0.2) is 18.4 Å². The van der Waals surface area contributed by atoms with Crippen LogP contribution < -0.4 is 14.4 Å². The minimum Gasteiger partial charge on any atom is -0.497 e. The van der Waals surface area contributed by atoms with Gasteiger partial charge in [0.2, 0.25) is 0 Å². The van der Waals surface area contributed by atoms with E-state index in [1.54, 1.807) is 7.11 Å². The quantitative estimate of drug-likeness (QED) is 0.620. The first-order valence-corrected chi connectivity index (χ1v) is 13.1. The number of nitrogens with zero attached hydrogens (tertiary/aromatic N) is 3. The van der Waals surface area contributed by atoms with Gasteiger partial charge in [0, 0.05) is 41.5 Å². The number of hydrogen-bond acceptors (Lipinski definition) is 8. The lowest BCUT2D eigenvalue weighted by Gasteiger charge is -2.44. The number of rotatable bonds is 4. The number of anilines is 1. The molecule has 2 aliphatic heterocycles. The number of ether oxygens (including phenoxy) is 3. The van der Waals surface area contributed by atoms with Crippen molar-refractivity contribution in [1.82, 2.24) is 15.0 Å². The van der Waals surface area contributed by atoms with Gasteiger partial charge < -0.3 is 24.1 Å². The smallest absolute Gasteiger partial charge is 0.185 e. The van der Waals surface area contributed by atoms with Gasteiger partial charge in [0.05, 0.1) is 26.4 Å². The number of aromatic amines is 1. The molecule has 0 bridgehead atoms. The Hall–Kier alpha value is -2.85. The highest BCUT2D eigenvalue weighted by molar-refractivity contribution is 7.91. The van der Waals surface area contributed by atoms with Crippen LogP contribution in [0.2, 0.25) is 0 Å². The standard InChI is InChI=1S/C23H26N4O5S/c1-30-15-10-17(16-4-7-24-18(16)11-15)21-25-20(23(5-3-6-23)33(2,28)29)19-22(26-21)27-8-9-31-12-14(27)13-32-19/h4,7,10-11,14,24H,3,5-6,8-9,12-13H2,1-2H3/t14-/m0/s1. The molecule has 4 heterocycles. The van der Waals surface area contributed by atoms with Crippen molar-refractivity contribution < 1.29 is 22.6 Å². The highest BCUT2D eigenvalue weighted by atomic mass is 32.2. The van der Waals surface area contributed by atoms with E-state index in [9.17, 15) is 8.42 Å². The molecule has 10 heteroatoms. The Balaban J connectivity index is 1.64. The van der Waals surface area contributed by atoms with Gasteiger partial charge in [-0.2, -0.15) is 0 Å². The minimum atomic E-state index is -3.43. The molecule has 0 spiro atoms. The molecule has 0 unspecified atom stereocenters. The zero-order chi connectivity index (χ0) is 22.8. The lowest BCUT2D eigenvalue weighted by molar-refractivity contribution is 0.0688. The van der Waals surface area contributed by atoms with Crippen LogP contribution in [0.3, 0.4) is 0 Å². The highest BCUT2D eigenvalue weighted by Crippen LogP contribution is 2.53. The SMILES string of the molecule is COc1cc(-c2nc3c(c(C4(S(C)(=O)=O)CCC4)n2)OC[C@@H]2COCCN32)c2cc[nH]c2c1. The van der Waals surface area contributed by atoms with Crippen molar-refractivity contribution >= 4 is 26.6 Å². The summed E-state index contributed by atoms with van der Waals surface area (Å²) in [6.07, 6.45) is 5.06. The number of sulfone groups is 1.